The molecule has 0 aromatic heterocycles. The SMILES string of the molecule is COC(=O)C(C(C[N+](=O)[O-])C(C)C)[N+](=O)[O-]. The number of hydrogen-bond donors (Lipinski definition) is 0. The largest absolute Gasteiger partial charge is 0.464 e. The van der Waals surface area contributed by atoms with Crippen molar-refractivity contribution in [2.24, 2.45) is 11.8 Å². The van der Waals surface area contributed by atoms with Gasteiger partial charge in [0.1, 0.15) is 5.92 Å². The second-order valence-corrected chi connectivity index (χ2v) is 3.68. The monoisotopic (exact) mass is 234 g/mol. The quantitative estimate of drug-likeness (QED) is 0.372. The topological polar surface area (TPSA) is 113 Å². The summed E-state index contributed by atoms with van der Waals surface area (Å²) in [6, 6.07) is -1.68. The molecule has 0 aliphatic carbocycles. The van der Waals surface area contributed by atoms with Gasteiger partial charge in [0.2, 0.25) is 6.54 Å². The van der Waals surface area contributed by atoms with Crippen molar-refractivity contribution in [3.8, 4) is 0 Å². The Bertz CT molecular complexity index is 290. The lowest BCUT2D eigenvalue weighted by Gasteiger charge is -2.18. The first-order valence-corrected chi connectivity index (χ1v) is 4.64. The van der Waals surface area contributed by atoms with Gasteiger partial charge in [-0.15, -0.1) is 0 Å². The van der Waals surface area contributed by atoms with E-state index in [0.717, 1.165) is 7.11 Å². The smallest absolute Gasteiger partial charge is 0.381 e. The number of methoxy groups -OCH3 is 1. The van der Waals surface area contributed by atoms with E-state index in [1.807, 2.05) is 0 Å². The summed E-state index contributed by atoms with van der Waals surface area (Å²) >= 11 is 0. The minimum atomic E-state index is -1.68. The van der Waals surface area contributed by atoms with Crippen molar-refractivity contribution < 1.29 is 19.4 Å². The van der Waals surface area contributed by atoms with E-state index >= 15 is 0 Å². The lowest BCUT2D eigenvalue weighted by atomic mass is 9.89. The Morgan fingerprint density at radius 3 is 2.06 bits per heavy atom. The Kier molecular flexibility index (Phi) is 5.34. The van der Waals surface area contributed by atoms with Gasteiger partial charge >= 0.3 is 12.0 Å². The molecule has 0 fully saturated rings. The molecule has 8 heteroatoms. The van der Waals surface area contributed by atoms with Crippen LogP contribution in [0.4, 0.5) is 0 Å². The van der Waals surface area contributed by atoms with Gasteiger partial charge in [-0.2, -0.15) is 0 Å². The van der Waals surface area contributed by atoms with E-state index in [0.29, 0.717) is 0 Å². The van der Waals surface area contributed by atoms with Gasteiger partial charge in [-0.3, -0.25) is 20.2 Å². The molecule has 2 unspecified atom stereocenters. The lowest BCUT2D eigenvalue weighted by Crippen LogP contribution is -2.43. The maximum absolute atomic E-state index is 11.2. The molecule has 0 saturated heterocycles. The van der Waals surface area contributed by atoms with Gasteiger partial charge in [-0.25, -0.2) is 4.79 Å². The normalized spacial score (nSPS) is 14.2. The van der Waals surface area contributed by atoms with E-state index < -0.39 is 34.3 Å². The van der Waals surface area contributed by atoms with Crippen molar-refractivity contribution in [2.45, 2.75) is 19.9 Å². The minimum Gasteiger partial charge on any atom is -0.464 e. The summed E-state index contributed by atoms with van der Waals surface area (Å²) in [6.45, 7) is 2.56. The van der Waals surface area contributed by atoms with Gasteiger partial charge in [0, 0.05) is 9.85 Å². The highest BCUT2D eigenvalue weighted by Gasteiger charge is 2.44. The van der Waals surface area contributed by atoms with Crippen LogP contribution in [0.15, 0.2) is 0 Å². The summed E-state index contributed by atoms with van der Waals surface area (Å²) in [7, 11) is 1.02. The summed E-state index contributed by atoms with van der Waals surface area (Å²) in [5, 5.41) is 21.1. The molecule has 0 rings (SSSR count). The second kappa shape index (κ2) is 5.99. The molecule has 0 bridgehead atoms. The van der Waals surface area contributed by atoms with E-state index in [1.165, 1.54) is 0 Å². The molecule has 0 aromatic carbocycles. The van der Waals surface area contributed by atoms with E-state index in [-0.39, 0.29) is 5.92 Å². The van der Waals surface area contributed by atoms with Gasteiger partial charge in [0.25, 0.3) is 0 Å². The number of nitrogens with zero attached hydrogens (tertiary/aromatic N) is 2. The molecule has 0 radical (unpaired) electrons. The molecule has 0 saturated carbocycles. The molecule has 16 heavy (non-hydrogen) atoms. The zero-order chi connectivity index (χ0) is 12.9. The van der Waals surface area contributed by atoms with E-state index in [1.54, 1.807) is 13.8 Å². The Balaban J connectivity index is 5.02. The molecule has 0 aromatic rings. The summed E-state index contributed by atoms with van der Waals surface area (Å²) in [5.74, 6) is -2.39. The highest BCUT2D eigenvalue weighted by molar-refractivity contribution is 5.74. The molecule has 0 aliphatic heterocycles. The fourth-order valence-corrected chi connectivity index (χ4v) is 1.39. The van der Waals surface area contributed by atoms with Crippen molar-refractivity contribution in [1.29, 1.82) is 0 Å². The number of rotatable bonds is 6. The van der Waals surface area contributed by atoms with Gasteiger partial charge in [-0.05, 0) is 5.92 Å². The standard InChI is InChI=1S/C8H14N2O6/c1-5(2)6(4-9(12)13)7(10(14)15)8(11)16-3/h5-7H,4H2,1-3H3. The van der Waals surface area contributed by atoms with Gasteiger partial charge in [0.05, 0.1) is 7.11 Å². The van der Waals surface area contributed by atoms with Crippen LogP contribution in [-0.2, 0) is 9.53 Å². The summed E-state index contributed by atoms with van der Waals surface area (Å²) in [6.07, 6.45) is 0. The Hall–Kier alpha value is -1.73. The first-order valence-electron chi connectivity index (χ1n) is 4.64. The van der Waals surface area contributed by atoms with Crippen LogP contribution < -0.4 is 0 Å². The van der Waals surface area contributed by atoms with Crippen molar-refractivity contribution in [2.75, 3.05) is 13.7 Å². The average molecular weight is 234 g/mol. The number of ether oxygens (including phenoxy) is 1. The minimum absolute atomic E-state index is 0.361. The molecule has 8 nitrogen and oxygen atoms in total. The van der Waals surface area contributed by atoms with Crippen molar-refractivity contribution in [3.05, 3.63) is 20.2 Å². The maximum Gasteiger partial charge on any atom is 0.381 e. The van der Waals surface area contributed by atoms with Crippen LogP contribution in [0.2, 0.25) is 0 Å². The second-order valence-electron chi connectivity index (χ2n) is 3.68. The Labute approximate surface area is 91.9 Å². The van der Waals surface area contributed by atoms with E-state index in [2.05, 4.69) is 4.74 Å². The molecular formula is C8H14N2O6. The number of nitro groups is 2. The number of carbonyl (C=O) groups excluding carboxylic acids is 1. The zero-order valence-electron chi connectivity index (χ0n) is 9.28. The van der Waals surface area contributed by atoms with Crippen molar-refractivity contribution in [3.63, 3.8) is 0 Å². The molecular weight excluding hydrogens is 220 g/mol. The zero-order valence-corrected chi connectivity index (χ0v) is 9.28. The van der Waals surface area contributed by atoms with Crippen LogP contribution in [0, 0.1) is 32.1 Å². The third-order valence-electron chi connectivity index (χ3n) is 2.29. The molecule has 0 heterocycles. The average Bonchev–Trinajstić information content (AvgIpc) is 2.14. The number of hydrogen-bond acceptors (Lipinski definition) is 6. The first kappa shape index (κ1) is 14.3. The van der Waals surface area contributed by atoms with Gasteiger partial charge < -0.3 is 4.74 Å². The van der Waals surface area contributed by atoms with E-state index in [9.17, 15) is 25.0 Å². The van der Waals surface area contributed by atoms with Gasteiger partial charge in [-0.1, -0.05) is 13.8 Å². The number of carbonyl (C=O) groups is 1. The maximum atomic E-state index is 11.2. The fourth-order valence-electron chi connectivity index (χ4n) is 1.39. The molecule has 0 N–H and O–H groups in total. The van der Waals surface area contributed by atoms with Crippen LogP contribution >= 0.6 is 0 Å². The van der Waals surface area contributed by atoms with Gasteiger partial charge in [0.15, 0.2) is 0 Å². The highest BCUT2D eigenvalue weighted by atomic mass is 16.6. The predicted molar refractivity (Wildman–Crippen MR) is 53.0 cm³/mol. The lowest BCUT2D eigenvalue weighted by molar-refractivity contribution is -0.547. The van der Waals surface area contributed by atoms with Crippen molar-refractivity contribution >= 4 is 5.97 Å². The fraction of sp³-hybridized carbons (Fsp3) is 0.875. The van der Waals surface area contributed by atoms with Crippen LogP contribution in [0.25, 0.3) is 0 Å². The van der Waals surface area contributed by atoms with Crippen LogP contribution in [0.3, 0.4) is 0 Å². The summed E-state index contributed by atoms with van der Waals surface area (Å²) < 4.78 is 4.28. The van der Waals surface area contributed by atoms with Crippen LogP contribution in [0.1, 0.15) is 13.8 Å². The Morgan fingerprint density at radius 2 is 1.81 bits per heavy atom. The third kappa shape index (κ3) is 3.79. The Morgan fingerprint density at radius 1 is 1.31 bits per heavy atom. The highest BCUT2D eigenvalue weighted by Crippen LogP contribution is 2.19. The predicted octanol–water partition coefficient (Wildman–Crippen LogP) is 0.354. The summed E-state index contributed by atoms with van der Waals surface area (Å²) in [5.41, 5.74) is 0. The van der Waals surface area contributed by atoms with Crippen molar-refractivity contribution in [1.82, 2.24) is 0 Å². The molecule has 0 aliphatic rings. The third-order valence-corrected chi connectivity index (χ3v) is 2.29. The van der Waals surface area contributed by atoms with Crippen LogP contribution in [-0.4, -0.2) is 35.5 Å². The number of esters is 1. The molecule has 92 valence electrons. The van der Waals surface area contributed by atoms with Crippen LogP contribution in [0.5, 0.6) is 0 Å². The molecule has 2 atom stereocenters. The summed E-state index contributed by atoms with van der Waals surface area (Å²) in [4.78, 5) is 30.8. The first-order chi connectivity index (χ1) is 7.31. The molecule has 0 amide bonds. The van der Waals surface area contributed by atoms with E-state index in [4.69, 9.17) is 0 Å². The molecule has 0 spiro atoms.